The molecule has 3 aromatic rings. The molecule has 0 saturated heterocycles. The average Bonchev–Trinajstić information content (AvgIpc) is 2.74. The van der Waals surface area contributed by atoms with Crippen LogP contribution in [0, 0.1) is 0 Å². The number of aromatic hydroxyl groups is 1. The van der Waals surface area contributed by atoms with E-state index in [0.717, 1.165) is 22.3 Å². The number of benzene rings is 3. The summed E-state index contributed by atoms with van der Waals surface area (Å²) in [7, 11) is 0. The molecule has 0 radical (unpaired) electrons. The number of nitrogens with zero attached hydrogens (tertiary/aromatic N) is 1. The molecule has 32 heavy (non-hydrogen) atoms. The SMILES string of the molecule is CC(C)(C)c1cc(C=N[C@@H](c2ccccc2)[C@@H](N)c2ccccc2)c(O)c(C(C)(C)C)c1. The third kappa shape index (κ3) is 5.46. The standard InChI is InChI=1S/C29H36N2O/c1-28(2,3)23-17-22(27(32)24(18-23)29(4,5)6)19-31-26(21-15-11-8-12-16-21)25(30)20-13-9-7-10-14-20/h7-19,25-26,32H,30H2,1-6H3/t25-,26-/m0/s1. The highest BCUT2D eigenvalue weighted by atomic mass is 16.3. The Morgan fingerprint density at radius 1 is 0.781 bits per heavy atom. The van der Waals surface area contributed by atoms with E-state index < -0.39 is 0 Å². The van der Waals surface area contributed by atoms with E-state index >= 15 is 0 Å². The van der Waals surface area contributed by atoms with Crippen molar-refractivity contribution < 1.29 is 5.11 Å². The van der Waals surface area contributed by atoms with E-state index in [1.165, 1.54) is 5.56 Å². The van der Waals surface area contributed by atoms with Crippen LogP contribution in [0.15, 0.2) is 77.8 Å². The summed E-state index contributed by atoms with van der Waals surface area (Å²) in [5.74, 6) is 0.286. The largest absolute Gasteiger partial charge is 0.507 e. The summed E-state index contributed by atoms with van der Waals surface area (Å²) in [6.45, 7) is 12.9. The molecule has 0 amide bonds. The fourth-order valence-electron chi connectivity index (χ4n) is 3.81. The topological polar surface area (TPSA) is 58.6 Å². The second kappa shape index (κ2) is 9.30. The molecule has 0 saturated carbocycles. The summed E-state index contributed by atoms with van der Waals surface area (Å²) < 4.78 is 0. The van der Waals surface area contributed by atoms with E-state index in [-0.39, 0.29) is 28.7 Å². The van der Waals surface area contributed by atoms with Crippen LogP contribution in [0.5, 0.6) is 5.75 Å². The molecule has 0 bridgehead atoms. The van der Waals surface area contributed by atoms with Crippen LogP contribution in [-0.2, 0) is 10.8 Å². The first-order valence-electron chi connectivity index (χ1n) is 11.2. The van der Waals surface area contributed by atoms with Gasteiger partial charge >= 0.3 is 0 Å². The van der Waals surface area contributed by atoms with Crippen molar-refractivity contribution in [1.29, 1.82) is 0 Å². The van der Waals surface area contributed by atoms with Crippen molar-refractivity contribution in [3.05, 3.63) is 101 Å². The minimum absolute atomic E-state index is 0.0461. The fraction of sp³-hybridized carbons (Fsp3) is 0.345. The van der Waals surface area contributed by atoms with Gasteiger partial charge in [0, 0.05) is 17.3 Å². The van der Waals surface area contributed by atoms with E-state index in [1.54, 1.807) is 6.21 Å². The van der Waals surface area contributed by atoms with Gasteiger partial charge in [-0.05, 0) is 33.6 Å². The zero-order chi connectivity index (χ0) is 23.5. The van der Waals surface area contributed by atoms with E-state index in [0.29, 0.717) is 0 Å². The lowest BCUT2D eigenvalue weighted by Crippen LogP contribution is -2.19. The number of rotatable bonds is 5. The van der Waals surface area contributed by atoms with Gasteiger partial charge in [0.15, 0.2) is 0 Å². The molecule has 0 fully saturated rings. The van der Waals surface area contributed by atoms with Gasteiger partial charge in [-0.3, -0.25) is 4.99 Å². The quantitative estimate of drug-likeness (QED) is 0.437. The smallest absolute Gasteiger partial charge is 0.128 e. The summed E-state index contributed by atoms with van der Waals surface area (Å²) in [5.41, 5.74) is 11.4. The van der Waals surface area contributed by atoms with Gasteiger partial charge in [-0.25, -0.2) is 0 Å². The van der Waals surface area contributed by atoms with Gasteiger partial charge in [-0.1, -0.05) is 108 Å². The maximum atomic E-state index is 11.1. The zero-order valence-electron chi connectivity index (χ0n) is 20.1. The molecule has 3 rings (SSSR count). The van der Waals surface area contributed by atoms with Crippen molar-refractivity contribution in [1.82, 2.24) is 0 Å². The summed E-state index contributed by atoms with van der Waals surface area (Å²) in [6, 6.07) is 23.7. The molecular weight excluding hydrogens is 392 g/mol. The van der Waals surface area contributed by atoms with Gasteiger partial charge in [-0.2, -0.15) is 0 Å². The molecule has 3 heteroatoms. The maximum absolute atomic E-state index is 11.1. The molecule has 3 nitrogen and oxygen atoms in total. The summed E-state index contributed by atoms with van der Waals surface area (Å²) >= 11 is 0. The number of phenols is 1. The summed E-state index contributed by atoms with van der Waals surface area (Å²) in [6.07, 6.45) is 1.79. The van der Waals surface area contributed by atoms with E-state index in [9.17, 15) is 5.11 Å². The lowest BCUT2D eigenvalue weighted by molar-refractivity contribution is 0.443. The Morgan fingerprint density at radius 2 is 1.31 bits per heavy atom. The van der Waals surface area contributed by atoms with Gasteiger partial charge in [0.05, 0.1) is 12.1 Å². The van der Waals surface area contributed by atoms with E-state index in [4.69, 9.17) is 10.7 Å². The third-order valence-corrected chi connectivity index (χ3v) is 5.85. The molecule has 0 aliphatic heterocycles. The Kier molecular flexibility index (Phi) is 6.90. The first-order chi connectivity index (χ1) is 15.0. The van der Waals surface area contributed by atoms with Crippen LogP contribution in [0.1, 0.15) is 81.4 Å². The van der Waals surface area contributed by atoms with Crippen molar-refractivity contribution in [2.24, 2.45) is 10.7 Å². The Balaban J connectivity index is 2.10. The molecule has 168 valence electrons. The van der Waals surface area contributed by atoms with Crippen LogP contribution in [0.25, 0.3) is 0 Å². The third-order valence-electron chi connectivity index (χ3n) is 5.85. The van der Waals surface area contributed by atoms with Gasteiger partial charge in [0.25, 0.3) is 0 Å². The Labute approximate surface area is 193 Å². The number of phenolic OH excluding ortho intramolecular Hbond substituents is 1. The molecule has 0 heterocycles. The van der Waals surface area contributed by atoms with Crippen LogP contribution in [0.2, 0.25) is 0 Å². The van der Waals surface area contributed by atoms with Crippen molar-refractivity contribution >= 4 is 6.21 Å². The Morgan fingerprint density at radius 3 is 1.81 bits per heavy atom. The normalized spacial score (nSPS) is 14.5. The number of aliphatic imine (C=N–C) groups is 1. The van der Waals surface area contributed by atoms with Crippen LogP contribution < -0.4 is 5.73 Å². The lowest BCUT2D eigenvalue weighted by atomic mass is 9.79. The van der Waals surface area contributed by atoms with E-state index in [2.05, 4.69) is 59.7 Å². The van der Waals surface area contributed by atoms with E-state index in [1.807, 2.05) is 54.6 Å². The fourth-order valence-corrected chi connectivity index (χ4v) is 3.81. The first kappa shape index (κ1) is 23.7. The van der Waals surface area contributed by atoms with Crippen molar-refractivity contribution in [2.45, 2.75) is 64.5 Å². The summed E-state index contributed by atoms with van der Waals surface area (Å²) in [4.78, 5) is 4.94. The molecular formula is C29H36N2O. The van der Waals surface area contributed by atoms with Crippen molar-refractivity contribution in [2.75, 3.05) is 0 Å². The second-order valence-electron chi connectivity index (χ2n) is 10.5. The molecule has 0 unspecified atom stereocenters. The molecule has 0 aliphatic rings. The second-order valence-corrected chi connectivity index (χ2v) is 10.5. The predicted octanol–water partition coefficient (Wildman–Crippen LogP) is 6.85. The van der Waals surface area contributed by atoms with Crippen molar-refractivity contribution in [3.8, 4) is 5.75 Å². The Bertz CT molecular complexity index is 1060. The zero-order valence-corrected chi connectivity index (χ0v) is 20.1. The predicted molar refractivity (Wildman–Crippen MR) is 136 cm³/mol. The minimum atomic E-state index is -0.301. The maximum Gasteiger partial charge on any atom is 0.128 e. The van der Waals surface area contributed by atoms with Crippen molar-refractivity contribution in [3.63, 3.8) is 0 Å². The number of hydrogen-bond acceptors (Lipinski definition) is 3. The van der Waals surface area contributed by atoms with Gasteiger partial charge < -0.3 is 10.8 Å². The number of hydrogen-bond donors (Lipinski definition) is 2. The Hall–Kier alpha value is -2.91. The van der Waals surface area contributed by atoms with Crippen LogP contribution in [-0.4, -0.2) is 11.3 Å². The van der Waals surface area contributed by atoms with Crippen LogP contribution in [0.3, 0.4) is 0 Å². The van der Waals surface area contributed by atoms with Crippen LogP contribution >= 0.6 is 0 Å². The van der Waals surface area contributed by atoms with Gasteiger partial charge in [-0.15, -0.1) is 0 Å². The van der Waals surface area contributed by atoms with Gasteiger partial charge in [0.2, 0.25) is 0 Å². The lowest BCUT2D eigenvalue weighted by Gasteiger charge is -2.27. The van der Waals surface area contributed by atoms with Crippen LogP contribution in [0.4, 0.5) is 0 Å². The highest BCUT2D eigenvalue weighted by Gasteiger charge is 2.25. The number of nitrogens with two attached hydrogens (primary N) is 1. The highest BCUT2D eigenvalue weighted by Crippen LogP contribution is 2.38. The first-order valence-corrected chi connectivity index (χ1v) is 11.2. The molecule has 0 spiro atoms. The minimum Gasteiger partial charge on any atom is -0.507 e. The monoisotopic (exact) mass is 428 g/mol. The highest BCUT2D eigenvalue weighted by molar-refractivity contribution is 5.85. The molecule has 0 aliphatic carbocycles. The molecule has 3 aromatic carbocycles. The molecule has 0 aromatic heterocycles. The molecule has 3 N–H and O–H groups in total. The van der Waals surface area contributed by atoms with Gasteiger partial charge in [0.1, 0.15) is 5.75 Å². The average molecular weight is 429 g/mol. The summed E-state index contributed by atoms with van der Waals surface area (Å²) in [5, 5.41) is 11.1. The molecule has 2 atom stereocenters.